The normalized spacial score (nSPS) is 24.6. The van der Waals surface area contributed by atoms with Crippen molar-refractivity contribution in [2.45, 2.75) is 45.6 Å². The molecule has 1 aliphatic rings. The summed E-state index contributed by atoms with van der Waals surface area (Å²) < 4.78 is 0. The first-order chi connectivity index (χ1) is 7.67. The summed E-state index contributed by atoms with van der Waals surface area (Å²) in [4.78, 5) is 8.61. The molecule has 0 spiro atoms. The number of hydrogen-bond acceptors (Lipinski definition) is 4. The molecule has 16 heavy (non-hydrogen) atoms. The number of rotatable bonds is 3. The Morgan fingerprint density at radius 2 is 2.25 bits per heavy atom. The maximum atomic E-state index is 5.75. The van der Waals surface area contributed by atoms with Crippen molar-refractivity contribution in [1.29, 1.82) is 0 Å². The summed E-state index contributed by atoms with van der Waals surface area (Å²) >= 11 is 0. The van der Waals surface area contributed by atoms with E-state index in [9.17, 15) is 0 Å². The summed E-state index contributed by atoms with van der Waals surface area (Å²) in [5, 5.41) is 3.46. The standard InChI is InChI=1S/C12H20N4/c1-3-11-15-10(13)7-12(16-11)14-9-5-4-8(2)6-9/h7-9H,3-6H2,1-2H3,(H3,13,14,15,16). The van der Waals surface area contributed by atoms with Crippen LogP contribution in [-0.4, -0.2) is 16.0 Å². The number of hydrogen-bond donors (Lipinski definition) is 2. The quantitative estimate of drug-likeness (QED) is 0.819. The van der Waals surface area contributed by atoms with Crippen LogP contribution in [0.25, 0.3) is 0 Å². The minimum Gasteiger partial charge on any atom is -0.384 e. The highest BCUT2D eigenvalue weighted by Crippen LogP contribution is 2.27. The Labute approximate surface area is 96.7 Å². The van der Waals surface area contributed by atoms with E-state index < -0.39 is 0 Å². The van der Waals surface area contributed by atoms with Crippen molar-refractivity contribution in [3.8, 4) is 0 Å². The highest BCUT2D eigenvalue weighted by atomic mass is 15.1. The predicted molar refractivity (Wildman–Crippen MR) is 66.2 cm³/mol. The Morgan fingerprint density at radius 1 is 1.44 bits per heavy atom. The van der Waals surface area contributed by atoms with Crippen LogP contribution in [0.5, 0.6) is 0 Å². The molecule has 0 aromatic carbocycles. The zero-order valence-corrected chi connectivity index (χ0v) is 10.0. The number of aromatic nitrogens is 2. The van der Waals surface area contributed by atoms with Gasteiger partial charge in [0, 0.05) is 18.5 Å². The summed E-state index contributed by atoms with van der Waals surface area (Å²) in [6, 6.07) is 2.37. The number of nitrogen functional groups attached to an aromatic ring is 1. The highest BCUT2D eigenvalue weighted by molar-refractivity contribution is 5.45. The molecule has 2 atom stereocenters. The predicted octanol–water partition coefficient (Wildman–Crippen LogP) is 2.22. The van der Waals surface area contributed by atoms with E-state index in [0.717, 1.165) is 24.0 Å². The van der Waals surface area contributed by atoms with Gasteiger partial charge in [-0.1, -0.05) is 13.8 Å². The van der Waals surface area contributed by atoms with Gasteiger partial charge in [0.2, 0.25) is 0 Å². The molecule has 2 unspecified atom stereocenters. The van der Waals surface area contributed by atoms with Gasteiger partial charge >= 0.3 is 0 Å². The van der Waals surface area contributed by atoms with Crippen LogP contribution in [0, 0.1) is 5.92 Å². The van der Waals surface area contributed by atoms with Crippen LogP contribution in [0.15, 0.2) is 6.07 Å². The summed E-state index contributed by atoms with van der Waals surface area (Å²) in [5.74, 6) is 3.07. The van der Waals surface area contributed by atoms with Crippen molar-refractivity contribution < 1.29 is 0 Å². The fraction of sp³-hybridized carbons (Fsp3) is 0.667. The smallest absolute Gasteiger partial charge is 0.132 e. The minimum atomic E-state index is 0.550. The minimum absolute atomic E-state index is 0.550. The van der Waals surface area contributed by atoms with Crippen molar-refractivity contribution >= 4 is 11.6 Å². The maximum Gasteiger partial charge on any atom is 0.132 e. The highest BCUT2D eigenvalue weighted by Gasteiger charge is 2.21. The topological polar surface area (TPSA) is 63.8 Å². The molecule has 0 aliphatic heterocycles. The summed E-state index contributed by atoms with van der Waals surface area (Å²) in [6.07, 6.45) is 4.58. The van der Waals surface area contributed by atoms with Crippen LogP contribution in [-0.2, 0) is 6.42 Å². The van der Waals surface area contributed by atoms with Crippen molar-refractivity contribution in [2.75, 3.05) is 11.1 Å². The molecule has 0 bridgehead atoms. The van der Waals surface area contributed by atoms with Crippen LogP contribution in [0.1, 0.15) is 38.9 Å². The molecule has 1 saturated carbocycles. The molecule has 0 saturated heterocycles. The lowest BCUT2D eigenvalue weighted by Gasteiger charge is -2.13. The van der Waals surface area contributed by atoms with E-state index in [1.165, 1.54) is 19.3 Å². The van der Waals surface area contributed by atoms with Gasteiger partial charge in [-0.05, 0) is 25.2 Å². The first-order valence-corrected chi connectivity index (χ1v) is 6.07. The average Bonchev–Trinajstić information content (AvgIpc) is 2.63. The van der Waals surface area contributed by atoms with Crippen molar-refractivity contribution in [3.05, 3.63) is 11.9 Å². The van der Waals surface area contributed by atoms with Crippen LogP contribution in [0.2, 0.25) is 0 Å². The fourth-order valence-electron chi connectivity index (χ4n) is 2.30. The van der Waals surface area contributed by atoms with E-state index in [0.29, 0.717) is 11.9 Å². The first kappa shape index (κ1) is 11.2. The van der Waals surface area contributed by atoms with Crippen molar-refractivity contribution in [1.82, 2.24) is 9.97 Å². The van der Waals surface area contributed by atoms with Gasteiger partial charge in [0.05, 0.1) is 0 Å². The lowest BCUT2D eigenvalue weighted by molar-refractivity contribution is 0.602. The van der Waals surface area contributed by atoms with Crippen LogP contribution >= 0.6 is 0 Å². The molecule has 3 N–H and O–H groups in total. The number of aryl methyl sites for hydroxylation is 1. The Bertz CT molecular complexity index is 364. The molecule has 4 heteroatoms. The third-order valence-electron chi connectivity index (χ3n) is 3.16. The van der Waals surface area contributed by atoms with Gasteiger partial charge in [0.15, 0.2) is 0 Å². The molecule has 0 amide bonds. The fourth-order valence-corrected chi connectivity index (χ4v) is 2.30. The van der Waals surface area contributed by atoms with E-state index in [4.69, 9.17) is 5.73 Å². The molecular weight excluding hydrogens is 200 g/mol. The molecule has 4 nitrogen and oxygen atoms in total. The number of anilines is 2. The molecule has 1 aliphatic carbocycles. The summed E-state index contributed by atoms with van der Waals surface area (Å²) in [6.45, 7) is 4.34. The van der Waals surface area contributed by atoms with Gasteiger partial charge in [0.25, 0.3) is 0 Å². The zero-order chi connectivity index (χ0) is 11.5. The van der Waals surface area contributed by atoms with Gasteiger partial charge in [-0.25, -0.2) is 9.97 Å². The van der Waals surface area contributed by atoms with Gasteiger partial charge in [0.1, 0.15) is 17.5 Å². The van der Waals surface area contributed by atoms with Gasteiger partial charge < -0.3 is 11.1 Å². The van der Waals surface area contributed by atoms with Crippen molar-refractivity contribution in [3.63, 3.8) is 0 Å². The first-order valence-electron chi connectivity index (χ1n) is 6.07. The van der Waals surface area contributed by atoms with E-state index >= 15 is 0 Å². The largest absolute Gasteiger partial charge is 0.384 e. The summed E-state index contributed by atoms with van der Waals surface area (Å²) in [5.41, 5.74) is 5.75. The zero-order valence-electron chi connectivity index (χ0n) is 10.0. The Balaban J connectivity index is 2.06. The van der Waals surface area contributed by atoms with Crippen LogP contribution < -0.4 is 11.1 Å². The van der Waals surface area contributed by atoms with Gasteiger partial charge in [-0.2, -0.15) is 0 Å². The third-order valence-corrected chi connectivity index (χ3v) is 3.16. The molecule has 1 fully saturated rings. The molecular formula is C12H20N4. The second-order valence-corrected chi connectivity index (χ2v) is 4.71. The Kier molecular flexibility index (Phi) is 3.27. The van der Waals surface area contributed by atoms with E-state index in [1.807, 2.05) is 13.0 Å². The van der Waals surface area contributed by atoms with Crippen LogP contribution in [0.3, 0.4) is 0 Å². The van der Waals surface area contributed by atoms with Gasteiger partial charge in [-0.15, -0.1) is 0 Å². The molecule has 88 valence electrons. The molecule has 2 rings (SSSR count). The lowest BCUT2D eigenvalue weighted by Crippen LogP contribution is -2.17. The third kappa shape index (κ3) is 2.62. The Hall–Kier alpha value is -1.32. The molecule has 1 heterocycles. The van der Waals surface area contributed by atoms with E-state index in [-0.39, 0.29) is 0 Å². The monoisotopic (exact) mass is 220 g/mol. The maximum absolute atomic E-state index is 5.75. The van der Waals surface area contributed by atoms with E-state index in [1.54, 1.807) is 0 Å². The molecule has 1 aromatic rings. The SMILES string of the molecule is CCc1nc(N)cc(NC2CCC(C)C2)n1. The Morgan fingerprint density at radius 3 is 2.88 bits per heavy atom. The van der Waals surface area contributed by atoms with Crippen molar-refractivity contribution in [2.24, 2.45) is 5.92 Å². The van der Waals surface area contributed by atoms with Crippen LogP contribution in [0.4, 0.5) is 11.6 Å². The van der Waals surface area contributed by atoms with E-state index in [2.05, 4.69) is 22.2 Å². The molecule has 0 radical (unpaired) electrons. The average molecular weight is 220 g/mol. The number of nitrogens with one attached hydrogen (secondary N) is 1. The number of nitrogens with two attached hydrogens (primary N) is 1. The van der Waals surface area contributed by atoms with Gasteiger partial charge in [-0.3, -0.25) is 0 Å². The second kappa shape index (κ2) is 4.68. The number of nitrogens with zero attached hydrogens (tertiary/aromatic N) is 2. The lowest BCUT2D eigenvalue weighted by atomic mass is 10.1. The molecule has 1 aromatic heterocycles. The summed E-state index contributed by atoms with van der Waals surface area (Å²) in [7, 11) is 0. The second-order valence-electron chi connectivity index (χ2n) is 4.71.